The Labute approximate surface area is 105 Å². The van der Waals surface area contributed by atoms with Crippen LogP contribution in [0.25, 0.3) is 0 Å². The first-order valence-corrected chi connectivity index (χ1v) is 6.87. The van der Waals surface area contributed by atoms with Crippen LogP contribution in [0.3, 0.4) is 0 Å². The topological polar surface area (TPSA) is 43.1 Å². The van der Waals surface area contributed by atoms with Gasteiger partial charge in [0.15, 0.2) is 0 Å². The average Bonchev–Trinajstić information content (AvgIpc) is 2.86. The maximum Gasteiger partial charge on any atom is 0.141 e. The third kappa shape index (κ3) is 2.65. The van der Waals surface area contributed by atoms with E-state index >= 15 is 0 Å². The zero-order valence-corrected chi connectivity index (χ0v) is 10.7. The molecule has 2 nitrogen and oxygen atoms in total. The number of Topliss-reactive ketones (excluding diaryl/α,β-unsaturated/α-hetero) is 1. The van der Waals surface area contributed by atoms with Crippen molar-refractivity contribution in [2.75, 3.05) is 6.54 Å². The van der Waals surface area contributed by atoms with Gasteiger partial charge in [0.1, 0.15) is 5.78 Å². The molecule has 0 radical (unpaired) electrons. The Balaban J connectivity index is 1.97. The Bertz CT molecular complexity index is 377. The number of rotatable bonds is 4. The predicted molar refractivity (Wildman–Crippen MR) is 67.9 cm³/mol. The van der Waals surface area contributed by atoms with E-state index in [1.54, 1.807) is 0 Å². The normalized spacial score (nSPS) is 24.9. The lowest BCUT2D eigenvalue weighted by Crippen LogP contribution is -2.26. The van der Waals surface area contributed by atoms with E-state index in [2.05, 4.69) is 0 Å². The van der Waals surface area contributed by atoms with Gasteiger partial charge in [-0.15, -0.1) is 11.3 Å². The van der Waals surface area contributed by atoms with Gasteiger partial charge in [-0.25, -0.2) is 0 Å². The van der Waals surface area contributed by atoms with E-state index in [-0.39, 0.29) is 5.92 Å². The maximum absolute atomic E-state index is 12.1. The molecule has 0 bridgehead atoms. The van der Waals surface area contributed by atoms with E-state index in [9.17, 15) is 4.79 Å². The Hall–Kier alpha value is -0.380. The largest absolute Gasteiger partial charge is 0.330 e. The Morgan fingerprint density at radius 2 is 2.31 bits per heavy atom. The minimum absolute atomic E-state index is 0.186. The van der Waals surface area contributed by atoms with Gasteiger partial charge in [-0.1, -0.05) is 18.0 Å². The minimum Gasteiger partial charge on any atom is -0.330 e. The maximum atomic E-state index is 12.1. The van der Waals surface area contributed by atoms with Crippen LogP contribution >= 0.6 is 22.9 Å². The monoisotopic (exact) mass is 257 g/mol. The van der Waals surface area contributed by atoms with Gasteiger partial charge in [0.05, 0.1) is 4.34 Å². The van der Waals surface area contributed by atoms with Crippen molar-refractivity contribution in [1.29, 1.82) is 0 Å². The molecule has 1 aliphatic rings. The Morgan fingerprint density at radius 1 is 1.50 bits per heavy atom. The van der Waals surface area contributed by atoms with Crippen LogP contribution in [-0.4, -0.2) is 12.3 Å². The molecule has 2 atom stereocenters. The fraction of sp³-hybridized carbons (Fsp3) is 0.583. The molecule has 1 saturated carbocycles. The summed E-state index contributed by atoms with van der Waals surface area (Å²) >= 11 is 7.34. The molecule has 0 amide bonds. The van der Waals surface area contributed by atoms with Crippen LogP contribution in [0.15, 0.2) is 12.1 Å². The van der Waals surface area contributed by atoms with Crippen LogP contribution in [0, 0.1) is 11.8 Å². The molecule has 88 valence electrons. The van der Waals surface area contributed by atoms with Gasteiger partial charge in [-0.2, -0.15) is 0 Å². The van der Waals surface area contributed by atoms with Crippen molar-refractivity contribution in [3.63, 3.8) is 0 Å². The number of hydrogen-bond acceptors (Lipinski definition) is 3. The second-order valence-corrected chi connectivity index (χ2v) is 6.18. The molecule has 2 N–H and O–H groups in total. The van der Waals surface area contributed by atoms with Crippen molar-refractivity contribution in [3.8, 4) is 0 Å². The summed E-state index contributed by atoms with van der Waals surface area (Å²) in [5.41, 5.74) is 5.69. The molecule has 1 heterocycles. The van der Waals surface area contributed by atoms with Crippen LogP contribution in [0.4, 0.5) is 0 Å². The molecule has 2 unspecified atom stereocenters. The van der Waals surface area contributed by atoms with E-state index in [0.29, 0.717) is 24.7 Å². The summed E-state index contributed by atoms with van der Waals surface area (Å²) in [5.74, 6) is 0.931. The van der Waals surface area contributed by atoms with Crippen LogP contribution in [0.2, 0.25) is 4.34 Å². The number of hydrogen-bond donors (Lipinski definition) is 1. The summed E-state index contributed by atoms with van der Waals surface area (Å²) in [7, 11) is 0. The van der Waals surface area contributed by atoms with Crippen LogP contribution < -0.4 is 5.73 Å². The van der Waals surface area contributed by atoms with Gasteiger partial charge in [-0.05, 0) is 37.4 Å². The van der Waals surface area contributed by atoms with Gasteiger partial charge >= 0.3 is 0 Å². The molecule has 16 heavy (non-hydrogen) atoms. The zero-order valence-electron chi connectivity index (χ0n) is 9.12. The summed E-state index contributed by atoms with van der Waals surface area (Å²) in [6.07, 6.45) is 3.79. The number of carbonyl (C=O) groups is 1. The highest BCUT2D eigenvalue weighted by Crippen LogP contribution is 2.33. The molecular weight excluding hydrogens is 242 g/mol. The SMILES string of the molecule is NCC1CCCC1C(=O)Cc1ccc(Cl)s1. The number of ketones is 1. The molecule has 0 saturated heterocycles. The van der Waals surface area contributed by atoms with Gasteiger partial charge < -0.3 is 5.73 Å². The second kappa shape index (κ2) is 5.30. The highest BCUT2D eigenvalue weighted by atomic mass is 35.5. The van der Waals surface area contributed by atoms with Crippen molar-refractivity contribution in [3.05, 3.63) is 21.3 Å². The van der Waals surface area contributed by atoms with Gasteiger partial charge in [0.25, 0.3) is 0 Å². The molecule has 1 aliphatic carbocycles. The average molecular weight is 258 g/mol. The van der Waals surface area contributed by atoms with Crippen LogP contribution in [0.5, 0.6) is 0 Å². The minimum atomic E-state index is 0.186. The predicted octanol–water partition coefficient (Wildman–Crippen LogP) is 2.89. The number of halogens is 1. The Kier molecular flexibility index (Phi) is 4.00. The highest BCUT2D eigenvalue weighted by Gasteiger charge is 2.31. The number of thiophene rings is 1. The molecule has 0 aliphatic heterocycles. The van der Waals surface area contributed by atoms with Crippen molar-refractivity contribution in [2.45, 2.75) is 25.7 Å². The van der Waals surface area contributed by atoms with Crippen molar-refractivity contribution in [1.82, 2.24) is 0 Å². The van der Waals surface area contributed by atoms with Crippen LogP contribution in [-0.2, 0) is 11.2 Å². The molecular formula is C12H16ClNOS. The highest BCUT2D eigenvalue weighted by molar-refractivity contribution is 7.16. The van der Waals surface area contributed by atoms with Crippen molar-refractivity contribution >= 4 is 28.7 Å². The number of carbonyl (C=O) groups excluding carboxylic acids is 1. The molecule has 2 rings (SSSR count). The standard InChI is InChI=1S/C12H16ClNOS/c13-12-5-4-9(16-12)6-11(15)10-3-1-2-8(10)7-14/h4-5,8,10H,1-3,6-7,14H2. The summed E-state index contributed by atoms with van der Waals surface area (Å²) in [4.78, 5) is 13.2. The lowest BCUT2D eigenvalue weighted by atomic mass is 9.90. The van der Waals surface area contributed by atoms with Gasteiger partial charge in [-0.3, -0.25) is 4.79 Å². The molecule has 1 aromatic heterocycles. The fourth-order valence-electron chi connectivity index (χ4n) is 2.49. The summed E-state index contributed by atoms with van der Waals surface area (Å²) in [5, 5.41) is 0. The first-order chi connectivity index (χ1) is 7.70. The first-order valence-electron chi connectivity index (χ1n) is 5.67. The summed E-state index contributed by atoms with van der Waals surface area (Å²) in [6.45, 7) is 0.640. The summed E-state index contributed by atoms with van der Waals surface area (Å²) < 4.78 is 0.754. The van der Waals surface area contributed by atoms with E-state index < -0.39 is 0 Å². The van der Waals surface area contributed by atoms with E-state index in [4.69, 9.17) is 17.3 Å². The van der Waals surface area contributed by atoms with Crippen LogP contribution in [0.1, 0.15) is 24.1 Å². The zero-order chi connectivity index (χ0) is 11.5. The lowest BCUT2D eigenvalue weighted by Gasteiger charge is -2.15. The lowest BCUT2D eigenvalue weighted by molar-refractivity contribution is -0.123. The molecule has 0 spiro atoms. The smallest absolute Gasteiger partial charge is 0.141 e. The molecule has 1 aromatic rings. The van der Waals surface area contributed by atoms with E-state index in [0.717, 1.165) is 28.5 Å². The fourth-order valence-corrected chi connectivity index (χ4v) is 3.59. The molecule has 4 heteroatoms. The molecule has 0 aromatic carbocycles. The number of nitrogens with two attached hydrogens (primary N) is 1. The van der Waals surface area contributed by atoms with E-state index in [1.807, 2.05) is 12.1 Å². The van der Waals surface area contributed by atoms with E-state index in [1.165, 1.54) is 11.3 Å². The summed E-state index contributed by atoms with van der Waals surface area (Å²) in [6, 6.07) is 3.79. The third-order valence-electron chi connectivity index (χ3n) is 3.35. The third-order valence-corrected chi connectivity index (χ3v) is 4.58. The van der Waals surface area contributed by atoms with Crippen molar-refractivity contribution in [2.24, 2.45) is 17.6 Å². The molecule has 1 fully saturated rings. The van der Waals surface area contributed by atoms with Gasteiger partial charge in [0, 0.05) is 17.2 Å². The van der Waals surface area contributed by atoms with Crippen molar-refractivity contribution < 1.29 is 4.79 Å². The van der Waals surface area contributed by atoms with Gasteiger partial charge in [0.2, 0.25) is 0 Å². The quantitative estimate of drug-likeness (QED) is 0.901. The second-order valence-electron chi connectivity index (χ2n) is 4.38. The Morgan fingerprint density at radius 3 is 2.94 bits per heavy atom. The first kappa shape index (κ1) is 12.1.